The Hall–Kier alpha value is -1.41. The Morgan fingerprint density at radius 1 is 1.15 bits per heavy atom. The smallest absolute Gasteiger partial charge is 0.133 e. The van der Waals surface area contributed by atoms with E-state index >= 15 is 0 Å². The third kappa shape index (κ3) is 3.37. The van der Waals surface area contributed by atoms with Crippen molar-refractivity contribution in [2.75, 3.05) is 19.6 Å². The van der Waals surface area contributed by atoms with Gasteiger partial charge in [0.25, 0.3) is 0 Å². The zero-order valence-electron chi connectivity index (χ0n) is 12.1. The number of carbonyl (C=O) groups is 1. The largest absolute Gasteiger partial charge is 0.300 e. The molecule has 20 heavy (non-hydrogen) atoms. The van der Waals surface area contributed by atoms with Gasteiger partial charge in [0.1, 0.15) is 5.78 Å². The number of nitrogens with zero attached hydrogens (tertiary/aromatic N) is 1. The van der Waals surface area contributed by atoms with Crippen LogP contribution in [0.25, 0.3) is 5.57 Å². The van der Waals surface area contributed by atoms with Crippen LogP contribution in [0.3, 0.4) is 0 Å². The summed E-state index contributed by atoms with van der Waals surface area (Å²) in [5.41, 5.74) is 2.83. The highest BCUT2D eigenvalue weighted by molar-refractivity contribution is 5.79. The molecule has 1 atom stereocenters. The Balaban J connectivity index is 1.55. The number of hydrogen-bond donors (Lipinski definition) is 0. The van der Waals surface area contributed by atoms with Crippen LogP contribution in [0.5, 0.6) is 0 Å². The van der Waals surface area contributed by atoms with Crippen LogP contribution in [0.15, 0.2) is 36.4 Å². The monoisotopic (exact) mass is 269 g/mol. The number of benzene rings is 1. The van der Waals surface area contributed by atoms with E-state index in [1.165, 1.54) is 17.6 Å². The van der Waals surface area contributed by atoms with Crippen LogP contribution in [-0.2, 0) is 4.79 Å². The summed E-state index contributed by atoms with van der Waals surface area (Å²) in [5, 5.41) is 0. The third-order valence-electron chi connectivity index (χ3n) is 4.54. The van der Waals surface area contributed by atoms with Gasteiger partial charge < -0.3 is 0 Å². The van der Waals surface area contributed by atoms with Crippen molar-refractivity contribution < 1.29 is 4.79 Å². The van der Waals surface area contributed by atoms with Gasteiger partial charge in [0.05, 0.1) is 0 Å². The van der Waals surface area contributed by atoms with E-state index in [2.05, 4.69) is 41.3 Å². The second kappa shape index (κ2) is 6.36. The van der Waals surface area contributed by atoms with E-state index < -0.39 is 0 Å². The summed E-state index contributed by atoms with van der Waals surface area (Å²) in [5.74, 6) is 1.07. The highest BCUT2D eigenvalue weighted by Gasteiger charge is 2.22. The van der Waals surface area contributed by atoms with Gasteiger partial charge in [-0.05, 0) is 36.3 Å². The first-order valence-corrected chi connectivity index (χ1v) is 7.80. The molecule has 0 radical (unpaired) electrons. The average molecular weight is 269 g/mol. The fraction of sp³-hybridized carbons (Fsp3) is 0.500. The van der Waals surface area contributed by atoms with Crippen molar-refractivity contribution >= 4 is 11.4 Å². The standard InChI is InChI=1S/C18H23NO/c20-18-8-4-5-15(13-18)14-19-11-9-17(10-12-19)16-6-2-1-3-7-16/h1-3,6-7,9,15H,4-5,8,10-14H2/t15-/m0/s1. The maximum absolute atomic E-state index is 11.5. The molecule has 3 rings (SSSR count). The molecule has 1 aromatic rings. The predicted octanol–water partition coefficient (Wildman–Crippen LogP) is 3.54. The second-order valence-corrected chi connectivity index (χ2v) is 6.11. The fourth-order valence-corrected chi connectivity index (χ4v) is 3.43. The Bertz CT molecular complexity index is 491. The van der Waals surface area contributed by atoms with Crippen LogP contribution in [0.2, 0.25) is 0 Å². The van der Waals surface area contributed by atoms with Crippen LogP contribution in [0.1, 0.15) is 37.7 Å². The molecule has 1 heterocycles. The second-order valence-electron chi connectivity index (χ2n) is 6.11. The Morgan fingerprint density at radius 3 is 2.70 bits per heavy atom. The van der Waals surface area contributed by atoms with Crippen molar-refractivity contribution in [1.29, 1.82) is 0 Å². The first-order valence-electron chi connectivity index (χ1n) is 7.80. The molecular formula is C18H23NO. The number of rotatable bonds is 3. The lowest BCUT2D eigenvalue weighted by molar-refractivity contribution is -0.121. The lowest BCUT2D eigenvalue weighted by Gasteiger charge is -2.31. The summed E-state index contributed by atoms with van der Waals surface area (Å²) in [7, 11) is 0. The summed E-state index contributed by atoms with van der Waals surface area (Å²) in [6.07, 6.45) is 7.45. The predicted molar refractivity (Wildman–Crippen MR) is 82.4 cm³/mol. The Kier molecular flexibility index (Phi) is 4.31. The summed E-state index contributed by atoms with van der Waals surface area (Å²) >= 11 is 0. The van der Waals surface area contributed by atoms with Crippen molar-refractivity contribution in [2.24, 2.45) is 5.92 Å². The maximum Gasteiger partial charge on any atom is 0.133 e. The minimum Gasteiger partial charge on any atom is -0.300 e. The van der Waals surface area contributed by atoms with Crippen molar-refractivity contribution in [3.63, 3.8) is 0 Å². The minimum absolute atomic E-state index is 0.471. The van der Waals surface area contributed by atoms with E-state index in [1.54, 1.807) is 0 Å². The SMILES string of the molecule is O=C1CCC[C@H](CN2CC=C(c3ccccc3)CC2)C1. The molecule has 0 N–H and O–H groups in total. The van der Waals surface area contributed by atoms with Gasteiger partial charge in [-0.1, -0.05) is 36.4 Å². The van der Waals surface area contributed by atoms with Gasteiger partial charge in [-0.25, -0.2) is 0 Å². The lowest BCUT2D eigenvalue weighted by atomic mass is 9.87. The maximum atomic E-state index is 11.5. The van der Waals surface area contributed by atoms with E-state index in [9.17, 15) is 4.79 Å². The van der Waals surface area contributed by atoms with E-state index in [-0.39, 0.29) is 0 Å². The number of Topliss-reactive ketones (excluding diaryl/α,β-unsaturated/α-hetero) is 1. The Labute approximate surface area is 121 Å². The van der Waals surface area contributed by atoms with Crippen LogP contribution in [0.4, 0.5) is 0 Å². The van der Waals surface area contributed by atoms with Gasteiger partial charge in [-0.2, -0.15) is 0 Å². The average Bonchev–Trinajstić information content (AvgIpc) is 2.49. The molecule has 1 fully saturated rings. The van der Waals surface area contributed by atoms with Gasteiger partial charge in [-0.15, -0.1) is 0 Å². The van der Waals surface area contributed by atoms with Crippen LogP contribution in [0, 0.1) is 5.92 Å². The zero-order chi connectivity index (χ0) is 13.8. The van der Waals surface area contributed by atoms with Crippen molar-refractivity contribution in [3.8, 4) is 0 Å². The molecule has 1 aliphatic carbocycles. The normalized spacial score (nSPS) is 24.5. The van der Waals surface area contributed by atoms with Crippen LogP contribution < -0.4 is 0 Å². The summed E-state index contributed by atoms with van der Waals surface area (Å²) in [6, 6.07) is 10.7. The lowest BCUT2D eigenvalue weighted by Crippen LogP contribution is -2.35. The summed E-state index contributed by atoms with van der Waals surface area (Å²) < 4.78 is 0. The molecular weight excluding hydrogens is 246 g/mol. The highest BCUT2D eigenvalue weighted by Crippen LogP contribution is 2.26. The fourth-order valence-electron chi connectivity index (χ4n) is 3.43. The van der Waals surface area contributed by atoms with E-state index in [0.717, 1.165) is 45.3 Å². The first kappa shape index (κ1) is 13.6. The number of carbonyl (C=O) groups excluding carboxylic acids is 1. The van der Waals surface area contributed by atoms with Gasteiger partial charge in [0, 0.05) is 32.5 Å². The minimum atomic E-state index is 0.471. The van der Waals surface area contributed by atoms with E-state index in [1.807, 2.05) is 0 Å². The quantitative estimate of drug-likeness (QED) is 0.836. The molecule has 0 amide bonds. The zero-order valence-corrected chi connectivity index (χ0v) is 12.1. The molecule has 1 saturated carbocycles. The molecule has 2 nitrogen and oxygen atoms in total. The van der Waals surface area contributed by atoms with Gasteiger partial charge in [-0.3, -0.25) is 9.69 Å². The molecule has 0 spiro atoms. The molecule has 0 unspecified atom stereocenters. The highest BCUT2D eigenvalue weighted by atomic mass is 16.1. The molecule has 0 aromatic heterocycles. The Morgan fingerprint density at radius 2 is 2.00 bits per heavy atom. The summed E-state index contributed by atoms with van der Waals surface area (Å²) in [4.78, 5) is 14.0. The van der Waals surface area contributed by atoms with E-state index in [0.29, 0.717) is 11.7 Å². The third-order valence-corrected chi connectivity index (χ3v) is 4.54. The molecule has 1 aromatic carbocycles. The van der Waals surface area contributed by atoms with Crippen molar-refractivity contribution in [2.45, 2.75) is 32.1 Å². The molecule has 0 bridgehead atoms. The van der Waals surface area contributed by atoms with Gasteiger partial charge in [0.15, 0.2) is 0 Å². The number of hydrogen-bond acceptors (Lipinski definition) is 2. The molecule has 1 aliphatic heterocycles. The molecule has 0 saturated heterocycles. The molecule has 2 aliphatic rings. The van der Waals surface area contributed by atoms with Crippen LogP contribution in [-0.4, -0.2) is 30.3 Å². The molecule has 106 valence electrons. The topological polar surface area (TPSA) is 20.3 Å². The van der Waals surface area contributed by atoms with E-state index in [4.69, 9.17) is 0 Å². The first-order chi connectivity index (χ1) is 9.81. The van der Waals surface area contributed by atoms with Gasteiger partial charge in [0.2, 0.25) is 0 Å². The summed E-state index contributed by atoms with van der Waals surface area (Å²) in [6.45, 7) is 3.27. The van der Waals surface area contributed by atoms with Gasteiger partial charge >= 0.3 is 0 Å². The molecule has 2 heteroatoms. The number of ketones is 1. The van der Waals surface area contributed by atoms with Crippen molar-refractivity contribution in [3.05, 3.63) is 42.0 Å². The van der Waals surface area contributed by atoms with Crippen LogP contribution >= 0.6 is 0 Å². The van der Waals surface area contributed by atoms with Crippen molar-refractivity contribution in [1.82, 2.24) is 4.90 Å².